The first kappa shape index (κ1) is 30.1. The Morgan fingerprint density at radius 2 is 1.79 bits per heavy atom. The minimum absolute atomic E-state index is 0.0714. The van der Waals surface area contributed by atoms with Crippen molar-refractivity contribution in [2.75, 3.05) is 13.7 Å². The van der Waals surface area contributed by atoms with Crippen LogP contribution < -0.4 is 24.4 Å². The van der Waals surface area contributed by atoms with Gasteiger partial charge in [-0.3, -0.25) is 9.36 Å². The lowest BCUT2D eigenvalue weighted by Gasteiger charge is -2.26. The number of hydrogen-bond acceptors (Lipinski definition) is 7. The first-order valence-electron chi connectivity index (χ1n) is 13.0. The molecule has 7 nitrogen and oxygen atoms in total. The van der Waals surface area contributed by atoms with Gasteiger partial charge in [-0.15, -0.1) is 0 Å². The number of esters is 1. The molecule has 0 saturated carbocycles. The smallest absolute Gasteiger partial charge is 0.434 e. The lowest BCUT2D eigenvalue weighted by atomic mass is 9.95. The minimum Gasteiger partial charge on any atom is -0.493 e. The summed E-state index contributed by atoms with van der Waals surface area (Å²) in [5, 5.41) is 0.329. The average Bonchev–Trinajstić information content (AvgIpc) is 3.30. The molecular weight excluding hydrogens is 605 g/mol. The van der Waals surface area contributed by atoms with Gasteiger partial charge in [-0.2, -0.15) is 13.2 Å². The second kappa shape index (κ2) is 12.5. The molecule has 222 valence electrons. The molecule has 2 heterocycles. The third kappa shape index (κ3) is 6.23. The van der Waals surface area contributed by atoms with Crippen molar-refractivity contribution in [2.24, 2.45) is 4.99 Å². The molecule has 0 radical (unpaired) electrons. The van der Waals surface area contributed by atoms with Gasteiger partial charge < -0.3 is 14.2 Å². The molecule has 0 aliphatic carbocycles. The Balaban J connectivity index is 1.71. The van der Waals surface area contributed by atoms with E-state index >= 15 is 0 Å². The lowest BCUT2D eigenvalue weighted by Crippen LogP contribution is -2.41. The first-order chi connectivity index (χ1) is 20.6. The number of fused-ring (bicyclic) bond motifs is 1. The number of nitrogens with zero attached hydrogens (tertiary/aromatic N) is 2. The monoisotopic (exact) mass is 628 g/mol. The van der Waals surface area contributed by atoms with E-state index in [0.717, 1.165) is 21.5 Å². The molecule has 1 atom stereocenters. The number of halogens is 4. The molecule has 43 heavy (non-hydrogen) atoms. The van der Waals surface area contributed by atoms with E-state index in [1.807, 2.05) is 30.3 Å². The van der Waals surface area contributed by atoms with Crippen molar-refractivity contribution >= 4 is 35.0 Å². The molecule has 1 aromatic heterocycles. The summed E-state index contributed by atoms with van der Waals surface area (Å²) in [4.78, 5) is 30.5. The van der Waals surface area contributed by atoms with Crippen molar-refractivity contribution in [1.82, 2.24) is 4.57 Å². The highest BCUT2D eigenvalue weighted by atomic mass is 35.5. The van der Waals surface area contributed by atoms with E-state index in [-0.39, 0.29) is 28.1 Å². The second-order valence-electron chi connectivity index (χ2n) is 9.27. The van der Waals surface area contributed by atoms with Gasteiger partial charge in [0.1, 0.15) is 6.61 Å². The SMILES string of the molecule is CCOC(=O)C1=C(C(F)(F)F)N=c2s/c(=C\c3cccc(OC)c3OCc3ccccc3)c(=O)n2[C@H]1c1ccc(Cl)cc1. The van der Waals surface area contributed by atoms with E-state index in [4.69, 9.17) is 25.8 Å². The molecular formula is C31H24ClF3N2O5S. The largest absolute Gasteiger partial charge is 0.493 e. The fourth-order valence-electron chi connectivity index (χ4n) is 4.63. The van der Waals surface area contributed by atoms with Crippen molar-refractivity contribution in [3.63, 3.8) is 0 Å². The van der Waals surface area contributed by atoms with Gasteiger partial charge in [-0.25, -0.2) is 9.79 Å². The van der Waals surface area contributed by atoms with Gasteiger partial charge in [0.2, 0.25) is 0 Å². The molecule has 1 aliphatic heterocycles. The summed E-state index contributed by atoms with van der Waals surface area (Å²) in [5.41, 5.74) is -1.28. The van der Waals surface area contributed by atoms with Crippen LogP contribution in [0.3, 0.4) is 0 Å². The summed E-state index contributed by atoms with van der Waals surface area (Å²) in [5.74, 6) is -0.477. The van der Waals surface area contributed by atoms with E-state index in [0.29, 0.717) is 22.1 Å². The molecule has 0 unspecified atom stereocenters. The van der Waals surface area contributed by atoms with Crippen molar-refractivity contribution in [3.8, 4) is 11.5 Å². The van der Waals surface area contributed by atoms with E-state index in [1.54, 1.807) is 18.2 Å². The minimum atomic E-state index is -5.01. The Morgan fingerprint density at radius 3 is 2.44 bits per heavy atom. The fourth-order valence-corrected chi connectivity index (χ4v) is 5.75. The van der Waals surface area contributed by atoms with Crippen LogP contribution in [0.15, 0.2) is 93.9 Å². The fraction of sp³-hybridized carbons (Fsp3) is 0.194. The van der Waals surface area contributed by atoms with Gasteiger partial charge in [0.05, 0.1) is 29.9 Å². The standard InChI is InChI=1S/C31H24ClF3N2O5S/c1-3-41-29(39)24-25(19-12-14-21(32)15-13-19)37-28(38)23(43-30(37)36-27(24)31(33,34)35)16-20-10-7-11-22(40-2)26(20)42-17-18-8-5-4-6-9-18/h4-16,25H,3,17H2,1-2H3/b23-16-/t25-/m0/s1. The zero-order valence-corrected chi connectivity index (χ0v) is 24.4. The molecule has 12 heteroatoms. The highest BCUT2D eigenvalue weighted by molar-refractivity contribution is 7.07. The predicted octanol–water partition coefficient (Wildman–Crippen LogP) is 5.58. The Bertz CT molecular complexity index is 1870. The molecule has 1 aliphatic rings. The number of hydrogen-bond donors (Lipinski definition) is 0. The molecule has 4 aromatic rings. The number of methoxy groups -OCH3 is 1. The van der Waals surface area contributed by atoms with Crippen molar-refractivity contribution in [3.05, 3.63) is 125 Å². The third-order valence-corrected chi connectivity index (χ3v) is 7.76. The van der Waals surface area contributed by atoms with Crippen LogP contribution in [-0.4, -0.2) is 30.4 Å². The molecule has 0 fully saturated rings. The van der Waals surface area contributed by atoms with Gasteiger partial charge in [0, 0.05) is 10.6 Å². The third-order valence-electron chi connectivity index (χ3n) is 6.52. The number of alkyl halides is 3. The number of ether oxygens (including phenoxy) is 3. The summed E-state index contributed by atoms with van der Waals surface area (Å²) in [6.45, 7) is 1.51. The van der Waals surface area contributed by atoms with Crippen LogP contribution in [0.2, 0.25) is 5.02 Å². The zero-order valence-electron chi connectivity index (χ0n) is 22.9. The van der Waals surface area contributed by atoms with Crippen molar-refractivity contribution < 1.29 is 32.2 Å². The molecule has 0 amide bonds. The number of thiazole rings is 1. The van der Waals surface area contributed by atoms with Gasteiger partial charge in [0.25, 0.3) is 5.56 Å². The summed E-state index contributed by atoms with van der Waals surface area (Å²) >= 11 is 6.80. The maximum atomic E-state index is 14.4. The molecule has 0 bridgehead atoms. The maximum absolute atomic E-state index is 14.4. The van der Waals surface area contributed by atoms with Gasteiger partial charge >= 0.3 is 12.1 Å². The zero-order chi connectivity index (χ0) is 30.7. The van der Waals surface area contributed by atoms with Crippen molar-refractivity contribution in [1.29, 1.82) is 0 Å². The number of carbonyl (C=O) groups is 1. The Morgan fingerprint density at radius 1 is 1.07 bits per heavy atom. The topological polar surface area (TPSA) is 79.1 Å². The van der Waals surface area contributed by atoms with Gasteiger partial charge in [0.15, 0.2) is 22.0 Å². The Hall–Kier alpha value is -4.35. The highest BCUT2D eigenvalue weighted by Crippen LogP contribution is 2.38. The number of rotatable bonds is 8. The highest BCUT2D eigenvalue weighted by Gasteiger charge is 2.45. The van der Waals surface area contributed by atoms with E-state index in [9.17, 15) is 22.8 Å². The van der Waals surface area contributed by atoms with Crippen LogP contribution in [0, 0.1) is 0 Å². The normalized spacial score (nSPS) is 15.1. The average molecular weight is 629 g/mol. The number of allylic oxidation sites excluding steroid dienone is 1. The molecule has 5 rings (SSSR count). The molecule has 0 spiro atoms. The lowest BCUT2D eigenvalue weighted by molar-refractivity contribution is -0.140. The van der Waals surface area contributed by atoms with Gasteiger partial charge in [-0.1, -0.05) is 77.5 Å². The van der Waals surface area contributed by atoms with Gasteiger partial charge in [-0.05, 0) is 42.3 Å². The molecule has 3 aromatic carbocycles. The van der Waals surface area contributed by atoms with Crippen LogP contribution in [0.25, 0.3) is 6.08 Å². The van der Waals surface area contributed by atoms with E-state index in [1.165, 1.54) is 44.4 Å². The van der Waals surface area contributed by atoms with Crippen LogP contribution in [-0.2, 0) is 16.1 Å². The van der Waals surface area contributed by atoms with E-state index in [2.05, 4.69) is 4.99 Å². The Kier molecular flexibility index (Phi) is 8.74. The summed E-state index contributed by atoms with van der Waals surface area (Å²) in [6, 6.07) is 18.9. The van der Waals surface area contributed by atoms with Crippen LogP contribution in [0.4, 0.5) is 13.2 Å². The first-order valence-corrected chi connectivity index (χ1v) is 14.2. The predicted molar refractivity (Wildman–Crippen MR) is 156 cm³/mol. The molecule has 0 N–H and O–H groups in total. The summed E-state index contributed by atoms with van der Waals surface area (Å²) < 4.78 is 60.8. The maximum Gasteiger partial charge on any atom is 0.434 e. The summed E-state index contributed by atoms with van der Waals surface area (Å²) in [6.07, 6.45) is -3.50. The van der Waals surface area contributed by atoms with Crippen LogP contribution in [0.1, 0.15) is 29.7 Å². The second-order valence-corrected chi connectivity index (χ2v) is 10.7. The van der Waals surface area contributed by atoms with Crippen LogP contribution in [0.5, 0.6) is 11.5 Å². The number of aromatic nitrogens is 1. The number of para-hydroxylation sites is 1. The number of carbonyl (C=O) groups excluding carboxylic acids is 1. The van der Waals surface area contributed by atoms with Crippen molar-refractivity contribution in [2.45, 2.75) is 25.7 Å². The quantitative estimate of drug-likeness (QED) is 0.238. The Labute approximate surface area is 252 Å². The summed E-state index contributed by atoms with van der Waals surface area (Å²) in [7, 11) is 1.48. The number of benzene rings is 3. The van der Waals surface area contributed by atoms with Crippen LogP contribution >= 0.6 is 22.9 Å². The molecule has 0 saturated heterocycles. The van der Waals surface area contributed by atoms with E-state index < -0.39 is 35.0 Å².